The quantitative estimate of drug-likeness (QED) is 0.0833. The molecule has 232 valence electrons. The van der Waals surface area contributed by atoms with Gasteiger partial charge in [0.2, 0.25) is 0 Å². The zero-order valence-corrected chi connectivity index (χ0v) is 26.6. The summed E-state index contributed by atoms with van der Waals surface area (Å²) in [5.41, 5.74) is 5.39. The van der Waals surface area contributed by atoms with Gasteiger partial charge in [0, 0.05) is 26.3 Å². The van der Waals surface area contributed by atoms with Gasteiger partial charge in [0.1, 0.15) is 19.0 Å². The highest BCUT2D eigenvalue weighted by Crippen LogP contribution is 2.35. The van der Waals surface area contributed by atoms with E-state index in [-0.39, 0.29) is 18.8 Å². The van der Waals surface area contributed by atoms with Crippen LogP contribution in [-0.2, 0) is 16.1 Å². The second kappa shape index (κ2) is 15.5. The zero-order chi connectivity index (χ0) is 31.6. The third-order valence-corrected chi connectivity index (χ3v) is 7.27. The molecule has 1 aliphatic heterocycles. The molecule has 0 aliphatic carbocycles. The van der Waals surface area contributed by atoms with Gasteiger partial charge in [0.25, 0.3) is 0 Å². The largest absolute Gasteiger partial charge is 0.490 e. The normalized spacial score (nSPS) is 15.3. The number of rotatable bonds is 13. The van der Waals surface area contributed by atoms with Gasteiger partial charge in [-0.1, -0.05) is 51.8 Å². The number of hydrogen-bond donors (Lipinski definition) is 4. The highest BCUT2D eigenvalue weighted by atomic mass is 79.9. The third-order valence-electron chi connectivity index (χ3n) is 6.41. The van der Waals surface area contributed by atoms with Crippen molar-refractivity contribution >= 4 is 45.7 Å². The first-order valence-corrected chi connectivity index (χ1v) is 14.8. The SMILES string of the molecule is CCOc1cc([C@@H]2NC(=O)NC(C)=C2C(=O)OC)ccc1OC[C@H](O)N/N=C\c1cc(Br)ccc1OCc1ccccc1Cl. The van der Waals surface area contributed by atoms with Crippen LogP contribution in [0.25, 0.3) is 0 Å². The maximum absolute atomic E-state index is 12.5. The van der Waals surface area contributed by atoms with Crippen molar-refractivity contribution < 1.29 is 33.6 Å². The summed E-state index contributed by atoms with van der Waals surface area (Å²) in [4.78, 5) is 24.6. The van der Waals surface area contributed by atoms with Crippen LogP contribution in [0.4, 0.5) is 4.79 Å². The van der Waals surface area contributed by atoms with Crippen LogP contribution < -0.4 is 30.3 Å². The van der Waals surface area contributed by atoms with Crippen LogP contribution in [0.2, 0.25) is 5.02 Å². The first-order chi connectivity index (χ1) is 21.2. The summed E-state index contributed by atoms with van der Waals surface area (Å²) in [6.45, 7) is 3.88. The minimum atomic E-state index is -1.17. The number of ether oxygens (including phenoxy) is 4. The maximum atomic E-state index is 12.5. The molecule has 4 rings (SSSR count). The van der Waals surface area contributed by atoms with E-state index in [0.717, 1.165) is 10.0 Å². The molecule has 0 spiro atoms. The number of nitrogens with one attached hydrogen (secondary N) is 3. The lowest BCUT2D eigenvalue weighted by molar-refractivity contribution is -0.136. The summed E-state index contributed by atoms with van der Waals surface area (Å²) in [7, 11) is 1.27. The van der Waals surface area contributed by atoms with Crippen LogP contribution in [0.3, 0.4) is 0 Å². The molecular formula is C31H32BrClN4O7. The van der Waals surface area contributed by atoms with Crippen LogP contribution in [0.15, 0.2) is 81.5 Å². The predicted molar refractivity (Wildman–Crippen MR) is 169 cm³/mol. The highest BCUT2D eigenvalue weighted by Gasteiger charge is 2.32. The van der Waals surface area contributed by atoms with Crippen molar-refractivity contribution in [3.63, 3.8) is 0 Å². The number of hydrazone groups is 1. The fraction of sp³-hybridized carbons (Fsp3) is 0.258. The summed E-state index contributed by atoms with van der Waals surface area (Å²) < 4.78 is 23.3. The van der Waals surface area contributed by atoms with E-state index in [2.05, 4.69) is 37.1 Å². The van der Waals surface area contributed by atoms with Crippen molar-refractivity contribution in [1.82, 2.24) is 16.1 Å². The number of carbonyl (C=O) groups is 2. The number of benzene rings is 3. The predicted octanol–water partition coefficient (Wildman–Crippen LogP) is 5.20. The number of halogens is 2. The average molecular weight is 688 g/mol. The molecule has 0 saturated heterocycles. The number of hydrogen-bond acceptors (Lipinski definition) is 9. The number of carbonyl (C=O) groups excluding carboxylic acids is 2. The molecule has 4 N–H and O–H groups in total. The molecular weight excluding hydrogens is 656 g/mol. The van der Waals surface area contributed by atoms with E-state index >= 15 is 0 Å². The molecule has 2 amide bonds. The van der Waals surface area contributed by atoms with Gasteiger partial charge in [-0.3, -0.25) is 5.43 Å². The molecule has 0 aromatic heterocycles. The minimum absolute atomic E-state index is 0.165. The number of methoxy groups -OCH3 is 1. The number of aliphatic hydroxyl groups is 1. The van der Waals surface area contributed by atoms with Gasteiger partial charge in [-0.15, -0.1) is 0 Å². The first-order valence-electron chi connectivity index (χ1n) is 13.6. The Morgan fingerprint density at radius 2 is 1.89 bits per heavy atom. The Balaban J connectivity index is 1.41. The maximum Gasteiger partial charge on any atom is 0.337 e. The third kappa shape index (κ3) is 8.43. The van der Waals surface area contributed by atoms with Gasteiger partial charge in [-0.05, 0) is 55.8 Å². The Morgan fingerprint density at radius 3 is 2.64 bits per heavy atom. The van der Waals surface area contributed by atoms with E-state index in [9.17, 15) is 14.7 Å². The molecule has 3 aromatic rings. The van der Waals surface area contributed by atoms with E-state index in [1.807, 2.05) is 37.3 Å². The van der Waals surface area contributed by atoms with Gasteiger partial charge in [-0.25, -0.2) is 9.59 Å². The van der Waals surface area contributed by atoms with Crippen molar-refractivity contribution in [2.45, 2.75) is 32.7 Å². The molecule has 0 unspecified atom stereocenters. The van der Waals surface area contributed by atoms with Gasteiger partial charge in [-0.2, -0.15) is 5.10 Å². The van der Waals surface area contributed by atoms with Crippen molar-refractivity contribution in [2.24, 2.45) is 5.10 Å². The second-order valence-corrected chi connectivity index (χ2v) is 10.8. The molecule has 3 aromatic carbocycles. The Labute approximate surface area is 268 Å². The van der Waals surface area contributed by atoms with Gasteiger partial charge in [0.05, 0.1) is 31.5 Å². The monoisotopic (exact) mass is 686 g/mol. The number of nitrogens with zero attached hydrogens (tertiary/aromatic N) is 1. The van der Waals surface area contributed by atoms with Crippen LogP contribution in [0.5, 0.6) is 17.2 Å². The van der Waals surface area contributed by atoms with Crippen molar-refractivity contribution in [2.75, 3.05) is 20.3 Å². The number of esters is 1. The van der Waals surface area contributed by atoms with Crippen LogP contribution in [0.1, 0.15) is 36.6 Å². The number of urea groups is 1. The van der Waals surface area contributed by atoms with E-state index in [1.165, 1.54) is 13.3 Å². The first kappa shape index (κ1) is 32.6. The molecule has 0 bridgehead atoms. The molecule has 0 radical (unpaired) electrons. The lowest BCUT2D eigenvalue weighted by Crippen LogP contribution is -2.45. The number of allylic oxidation sites excluding steroid dienone is 1. The smallest absolute Gasteiger partial charge is 0.337 e. The molecule has 44 heavy (non-hydrogen) atoms. The summed E-state index contributed by atoms with van der Waals surface area (Å²) in [6.07, 6.45) is 0.359. The molecule has 13 heteroatoms. The van der Waals surface area contributed by atoms with E-state index in [4.69, 9.17) is 30.5 Å². The molecule has 11 nitrogen and oxygen atoms in total. The molecule has 1 aliphatic rings. The van der Waals surface area contributed by atoms with Crippen LogP contribution in [0, 0.1) is 0 Å². The molecule has 1 heterocycles. The average Bonchev–Trinajstić information content (AvgIpc) is 3.00. The van der Waals surface area contributed by atoms with Gasteiger partial charge < -0.3 is 34.7 Å². The summed E-state index contributed by atoms with van der Waals surface area (Å²) in [6, 6.07) is 16.7. The lowest BCUT2D eigenvalue weighted by Gasteiger charge is -2.28. The molecule has 0 fully saturated rings. The molecule has 2 atom stereocenters. The Hall–Kier alpha value is -4.26. The number of aliphatic hydroxyl groups excluding tert-OH is 1. The highest BCUT2D eigenvalue weighted by molar-refractivity contribution is 9.10. The zero-order valence-electron chi connectivity index (χ0n) is 24.2. The lowest BCUT2D eigenvalue weighted by atomic mass is 9.95. The van der Waals surface area contributed by atoms with Crippen molar-refractivity contribution in [3.8, 4) is 17.2 Å². The Kier molecular flexibility index (Phi) is 11.5. The van der Waals surface area contributed by atoms with Crippen molar-refractivity contribution in [1.29, 1.82) is 0 Å². The summed E-state index contributed by atoms with van der Waals surface area (Å²) in [5.74, 6) is 0.722. The van der Waals surface area contributed by atoms with E-state index < -0.39 is 24.3 Å². The van der Waals surface area contributed by atoms with Gasteiger partial charge >= 0.3 is 12.0 Å². The fourth-order valence-electron chi connectivity index (χ4n) is 4.34. The standard InChI is InChI=1S/C31H32BrClN4O7/c1-4-42-26-14-19(29-28(30(39)41-3)18(2)35-31(40)36-29)9-11-25(26)44-17-27(38)37-34-15-21-13-22(32)10-12-24(21)43-16-20-7-5-6-8-23(20)33/h5-15,27,29,37-38H,4,16-17H2,1-3H3,(H2,35,36,40)/b34-15-/t27-,29-/m0/s1. The minimum Gasteiger partial charge on any atom is -0.490 e. The summed E-state index contributed by atoms with van der Waals surface area (Å²) >= 11 is 9.70. The molecule has 0 saturated carbocycles. The van der Waals surface area contributed by atoms with Crippen molar-refractivity contribution in [3.05, 3.63) is 98.1 Å². The van der Waals surface area contributed by atoms with Gasteiger partial charge in [0.15, 0.2) is 17.7 Å². The Morgan fingerprint density at radius 1 is 1.11 bits per heavy atom. The topological polar surface area (TPSA) is 140 Å². The van der Waals surface area contributed by atoms with E-state index in [0.29, 0.717) is 45.7 Å². The van der Waals surface area contributed by atoms with Crippen LogP contribution >= 0.6 is 27.5 Å². The van der Waals surface area contributed by atoms with E-state index in [1.54, 1.807) is 37.3 Å². The Bertz CT molecular complexity index is 1570. The summed E-state index contributed by atoms with van der Waals surface area (Å²) in [5, 5.41) is 20.6. The van der Waals surface area contributed by atoms with Crippen LogP contribution in [-0.4, -0.2) is 49.9 Å². The fourth-order valence-corrected chi connectivity index (χ4v) is 4.91. The second-order valence-electron chi connectivity index (χ2n) is 9.48. The number of amides is 2.